The third-order valence-electron chi connectivity index (χ3n) is 2.82. The number of rotatable bonds is 2. The standard InChI is InChI=1S/C11H13BrN2O3/c1-14-3-2-8(5-10(14)15)13-11(16)7-4-9(12)17-6-7/h4,6,8H,2-3,5H2,1H3,(H,13,16)/t8-/m1/s1. The fraction of sp³-hybridized carbons (Fsp3) is 0.455. The Kier molecular flexibility index (Phi) is 3.51. The van der Waals surface area contributed by atoms with Crippen molar-refractivity contribution in [3.05, 3.63) is 22.6 Å². The van der Waals surface area contributed by atoms with Crippen LogP contribution in [-0.2, 0) is 4.79 Å². The van der Waals surface area contributed by atoms with E-state index in [1.165, 1.54) is 6.26 Å². The molecule has 2 heterocycles. The van der Waals surface area contributed by atoms with E-state index in [2.05, 4.69) is 21.2 Å². The predicted molar refractivity (Wildman–Crippen MR) is 64.5 cm³/mol. The number of amides is 2. The lowest BCUT2D eigenvalue weighted by molar-refractivity contribution is -0.132. The van der Waals surface area contributed by atoms with Crippen molar-refractivity contribution in [2.75, 3.05) is 13.6 Å². The Hall–Kier alpha value is -1.30. The van der Waals surface area contributed by atoms with Crippen molar-refractivity contribution in [3.8, 4) is 0 Å². The summed E-state index contributed by atoms with van der Waals surface area (Å²) in [6, 6.07) is 1.52. The molecule has 1 aromatic rings. The third-order valence-corrected chi connectivity index (χ3v) is 3.24. The van der Waals surface area contributed by atoms with Crippen molar-refractivity contribution < 1.29 is 14.0 Å². The molecule has 1 fully saturated rings. The normalized spacial score (nSPS) is 20.5. The van der Waals surface area contributed by atoms with E-state index in [0.29, 0.717) is 23.2 Å². The van der Waals surface area contributed by atoms with Crippen LogP contribution in [0.1, 0.15) is 23.2 Å². The van der Waals surface area contributed by atoms with E-state index in [1.54, 1.807) is 18.0 Å². The Bertz CT molecular complexity index is 444. The molecule has 0 unspecified atom stereocenters. The highest BCUT2D eigenvalue weighted by Crippen LogP contribution is 2.15. The molecule has 1 atom stereocenters. The first-order valence-corrected chi connectivity index (χ1v) is 6.14. The summed E-state index contributed by atoms with van der Waals surface area (Å²) in [6.45, 7) is 0.679. The van der Waals surface area contributed by atoms with Crippen molar-refractivity contribution in [1.29, 1.82) is 0 Å². The lowest BCUT2D eigenvalue weighted by Gasteiger charge is -2.29. The van der Waals surface area contributed by atoms with Crippen molar-refractivity contribution in [3.63, 3.8) is 0 Å². The van der Waals surface area contributed by atoms with Crippen LogP contribution in [-0.4, -0.2) is 36.3 Å². The van der Waals surface area contributed by atoms with E-state index >= 15 is 0 Å². The monoisotopic (exact) mass is 300 g/mol. The van der Waals surface area contributed by atoms with Crippen LogP contribution in [0.5, 0.6) is 0 Å². The number of hydrogen-bond donors (Lipinski definition) is 1. The van der Waals surface area contributed by atoms with Crippen LogP contribution in [0.2, 0.25) is 0 Å². The molecule has 0 bridgehead atoms. The Morgan fingerprint density at radius 2 is 2.41 bits per heavy atom. The Balaban J connectivity index is 1.93. The molecule has 0 saturated carbocycles. The first-order chi connectivity index (χ1) is 8.06. The maximum Gasteiger partial charge on any atom is 0.254 e. The van der Waals surface area contributed by atoms with E-state index in [9.17, 15) is 9.59 Å². The smallest absolute Gasteiger partial charge is 0.254 e. The zero-order valence-corrected chi connectivity index (χ0v) is 11.0. The van der Waals surface area contributed by atoms with Crippen LogP contribution in [0.3, 0.4) is 0 Å². The largest absolute Gasteiger partial charge is 0.457 e. The second-order valence-electron chi connectivity index (χ2n) is 4.12. The summed E-state index contributed by atoms with van der Waals surface area (Å²) in [5, 5.41) is 2.83. The maximum atomic E-state index is 11.8. The second-order valence-corrected chi connectivity index (χ2v) is 4.90. The molecule has 0 radical (unpaired) electrons. The fourth-order valence-electron chi connectivity index (χ4n) is 1.76. The van der Waals surface area contributed by atoms with Gasteiger partial charge in [0.2, 0.25) is 5.91 Å². The molecule has 92 valence electrons. The Morgan fingerprint density at radius 3 is 3.00 bits per heavy atom. The number of nitrogens with zero attached hydrogens (tertiary/aromatic N) is 1. The summed E-state index contributed by atoms with van der Waals surface area (Å²) in [5.74, 6) is -0.142. The van der Waals surface area contributed by atoms with Gasteiger partial charge in [0.25, 0.3) is 5.91 Å². The summed E-state index contributed by atoms with van der Waals surface area (Å²) >= 11 is 3.14. The van der Waals surface area contributed by atoms with Crippen LogP contribution >= 0.6 is 15.9 Å². The SMILES string of the molecule is CN1CC[C@@H](NC(=O)c2coc(Br)c2)CC1=O. The molecule has 1 aliphatic heterocycles. The van der Waals surface area contributed by atoms with Crippen LogP contribution < -0.4 is 5.32 Å². The highest BCUT2D eigenvalue weighted by atomic mass is 79.9. The minimum absolute atomic E-state index is 0.0647. The quantitative estimate of drug-likeness (QED) is 0.898. The minimum atomic E-state index is -0.207. The number of carbonyl (C=O) groups is 2. The molecule has 1 N–H and O–H groups in total. The zero-order chi connectivity index (χ0) is 12.4. The van der Waals surface area contributed by atoms with Crippen molar-refractivity contribution in [2.45, 2.75) is 18.9 Å². The first-order valence-electron chi connectivity index (χ1n) is 5.35. The number of hydrogen-bond acceptors (Lipinski definition) is 3. The second kappa shape index (κ2) is 4.91. The summed E-state index contributed by atoms with van der Waals surface area (Å²) in [7, 11) is 1.77. The van der Waals surface area contributed by atoms with Gasteiger partial charge < -0.3 is 14.6 Å². The summed E-state index contributed by atoms with van der Waals surface area (Å²) in [6.07, 6.45) is 2.53. The van der Waals surface area contributed by atoms with Gasteiger partial charge in [-0.3, -0.25) is 9.59 Å². The number of nitrogens with one attached hydrogen (secondary N) is 1. The number of piperidine rings is 1. The molecule has 1 aliphatic rings. The molecule has 0 aromatic carbocycles. The lowest BCUT2D eigenvalue weighted by atomic mass is 10.0. The van der Waals surface area contributed by atoms with E-state index in [1.807, 2.05) is 0 Å². The van der Waals surface area contributed by atoms with Gasteiger partial charge in [-0.15, -0.1) is 0 Å². The van der Waals surface area contributed by atoms with Gasteiger partial charge in [-0.1, -0.05) is 0 Å². The molecule has 17 heavy (non-hydrogen) atoms. The van der Waals surface area contributed by atoms with Gasteiger partial charge in [0.05, 0.1) is 5.56 Å². The zero-order valence-electron chi connectivity index (χ0n) is 9.40. The highest BCUT2D eigenvalue weighted by molar-refractivity contribution is 9.10. The molecule has 0 aliphatic carbocycles. The van der Waals surface area contributed by atoms with Crippen molar-refractivity contribution in [2.24, 2.45) is 0 Å². The van der Waals surface area contributed by atoms with Gasteiger partial charge in [0, 0.05) is 32.1 Å². The van der Waals surface area contributed by atoms with E-state index in [0.717, 1.165) is 6.42 Å². The fourth-order valence-corrected chi connectivity index (χ4v) is 2.10. The molecule has 0 spiro atoms. The molecular weight excluding hydrogens is 288 g/mol. The average Bonchev–Trinajstić information content (AvgIpc) is 2.70. The topological polar surface area (TPSA) is 62.6 Å². The van der Waals surface area contributed by atoms with E-state index in [4.69, 9.17) is 4.42 Å². The van der Waals surface area contributed by atoms with Crippen molar-refractivity contribution >= 4 is 27.7 Å². The van der Waals surface area contributed by atoms with Crippen molar-refractivity contribution in [1.82, 2.24) is 10.2 Å². The highest BCUT2D eigenvalue weighted by Gasteiger charge is 2.25. The molecular formula is C11H13BrN2O3. The maximum absolute atomic E-state index is 11.8. The van der Waals surface area contributed by atoms with Gasteiger partial charge in [-0.2, -0.15) is 0 Å². The average molecular weight is 301 g/mol. The molecule has 1 saturated heterocycles. The third kappa shape index (κ3) is 2.88. The van der Waals surface area contributed by atoms with Gasteiger partial charge in [-0.25, -0.2) is 0 Å². The number of halogens is 1. The minimum Gasteiger partial charge on any atom is -0.457 e. The number of carbonyl (C=O) groups excluding carboxylic acids is 2. The molecule has 5 nitrogen and oxygen atoms in total. The van der Waals surface area contributed by atoms with Crippen LogP contribution in [0.15, 0.2) is 21.4 Å². The Morgan fingerprint density at radius 1 is 1.65 bits per heavy atom. The summed E-state index contributed by atoms with van der Waals surface area (Å²) in [4.78, 5) is 25.0. The number of likely N-dealkylation sites (tertiary alicyclic amines) is 1. The van der Waals surface area contributed by atoms with Crippen LogP contribution in [0, 0.1) is 0 Å². The molecule has 6 heteroatoms. The van der Waals surface area contributed by atoms with E-state index < -0.39 is 0 Å². The summed E-state index contributed by atoms with van der Waals surface area (Å²) in [5.41, 5.74) is 0.461. The molecule has 1 aromatic heterocycles. The first kappa shape index (κ1) is 12.2. The van der Waals surface area contributed by atoms with Gasteiger partial charge in [0.15, 0.2) is 4.67 Å². The lowest BCUT2D eigenvalue weighted by Crippen LogP contribution is -2.46. The summed E-state index contributed by atoms with van der Waals surface area (Å²) < 4.78 is 5.51. The Labute approximate surface area is 107 Å². The molecule has 2 rings (SSSR count). The van der Waals surface area contributed by atoms with Crippen LogP contribution in [0.4, 0.5) is 0 Å². The number of furan rings is 1. The van der Waals surface area contributed by atoms with Crippen LogP contribution in [0.25, 0.3) is 0 Å². The van der Waals surface area contributed by atoms with Gasteiger partial charge in [-0.05, 0) is 22.4 Å². The van der Waals surface area contributed by atoms with Gasteiger partial charge >= 0.3 is 0 Å². The van der Waals surface area contributed by atoms with Gasteiger partial charge in [0.1, 0.15) is 6.26 Å². The predicted octanol–water partition coefficient (Wildman–Crippen LogP) is 1.39. The molecule has 2 amide bonds. The van der Waals surface area contributed by atoms with E-state index in [-0.39, 0.29) is 17.9 Å².